The van der Waals surface area contributed by atoms with Crippen LogP contribution in [0.3, 0.4) is 0 Å². The first-order valence-electron chi connectivity index (χ1n) is 7.32. The molecule has 0 aliphatic rings. The van der Waals surface area contributed by atoms with Crippen LogP contribution in [-0.4, -0.2) is 45.4 Å². The summed E-state index contributed by atoms with van der Waals surface area (Å²) in [7, 11) is 1.60. The molecule has 0 spiro atoms. The zero-order valence-corrected chi connectivity index (χ0v) is 14.1. The Morgan fingerprint density at radius 1 is 1.25 bits per heavy atom. The second-order valence-corrected chi connectivity index (χ2v) is 5.91. The van der Waals surface area contributed by atoms with Crippen LogP contribution in [0.5, 0.6) is 0 Å². The smallest absolute Gasteiger partial charge is 0.352 e. The molecule has 0 atom stereocenters. The molecule has 10 heteroatoms. The number of aromatic nitrogens is 4. The Hall–Kier alpha value is -2.39. The van der Waals surface area contributed by atoms with Gasteiger partial charge in [0, 0.05) is 24.2 Å². The zero-order valence-electron chi connectivity index (χ0n) is 14.1. The summed E-state index contributed by atoms with van der Waals surface area (Å²) < 4.78 is 39.8. The molecule has 7 nitrogen and oxygen atoms in total. The molecular weight excluding hydrogens is 325 g/mol. The van der Waals surface area contributed by atoms with Crippen LogP contribution in [0.4, 0.5) is 19.0 Å². The number of carbonyl (C=O) groups excluding carboxylic acids is 1. The number of anilines is 1. The van der Waals surface area contributed by atoms with E-state index in [1.807, 2.05) is 13.8 Å². The first-order valence-corrected chi connectivity index (χ1v) is 7.32. The average Bonchev–Trinajstić information content (AvgIpc) is 2.85. The number of carbonyl (C=O) groups is 1. The summed E-state index contributed by atoms with van der Waals surface area (Å²) in [6.07, 6.45) is -4.67. The lowest BCUT2D eigenvalue weighted by atomic mass is 10.2. The van der Waals surface area contributed by atoms with Gasteiger partial charge in [0.2, 0.25) is 5.91 Å². The first kappa shape index (κ1) is 18.0. The standard InChI is InChI=1S/C14H19F3N6O/c1-7(2)18-10(24)6-22(5)12-9(4)8(3)11-19-20-13(14(15,16)17)23(11)21-12/h7H,6H2,1-5H3,(H,18,24). The molecule has 0 aliphatic heterocycles. The normalized spacial score (nSPS) is 12.0. The number of likely N-dealkylation sites (N-methyl/N-ethyl adjacent to an activating group) is 1. The van der Waals surface area contributed by atoms with Crippen LogP contribution in [0.25, 0.3) is 5.65 Å². The largest absolute Gasteiger partial charge is 0.453 e. The van der Waals surface area contributed by atoms with E-state index in [1.165, 1.54) is 4.90 Å². The van der Waals surface area contributed by atoms with Gasteiger partial charge in [-0.2, -0.15) is 17.7 Å². The minimum atomic E-state index is -4.67. The number of halogens is 3. The van der Waals surface area contributed by atoms with Gasteiger partial charge in [-0.1, -0.05) is 0 Å². The van der Waals surface area contributed by atoms with E-state index < -0.39 is 12.0 Å². The number of hydrogen-bond donors (Lipinski definition) is 1. The third-order valence-corrected chi connectivity index (χ3v) is 3.51. The number of aryl methyl sites for hydroxylation is 1. The van der Waals surface area contributed by atoms with Crippen molar-refractivity contribution in [1.29, 1.82) is 0 Å². The van der Waals surface area contributed by atoms with E-state index in [1.54, 1.807) is 20.9 Å². The van der Waals surface area contributed by atoms with E-state index in [0.717, 1.165) is 0 Å². The van der Waals surface area contributed by atoms with Gasteiger partial charge in [-0.15, -0.1) is 15.3 Å². The molecule has 1 N–H and O–H groups in total. The second kappa shape index (κ2) is 6.25. The number of fused-ring (bicyclic) bond motifs is 1. The van der Waals surface area contributed by atoms with Crippen LogP contribution >= 0.6 is 0 Å². The highest BCUT2D eigenvalue weighted by Crippen LogP contribution is 2.30. The van der Waals surface area contributed by atoms with Crippen molar-refractivity contribution in [3.05, 3.63) is 17.0 Å². The van der Waals surface area contributed by atoms with Crippen molar-refractivity contribution in [3.8, 4) is 0 Å². The van der Waals surface area contributed by atoms with E-state index in [0.29, 0.717) is 15.6 Å². The average molecular weight is 344 g/mol. The molecule has 0 aliphatic carbocycles. The summed E-state index contributed by atoms with van der Waals surface area (Å²) in [5.41, 5.74) is 1.21. The van der Waals surface area contributed by atoms with E-state index >= 15 is 0 Å². The minimum absolute atomic E-state index is 0.0273. The van der Waals surface area contributed by atoms with Crippen molar-refractivity contribution in [2.75, 3.05) is 18.5 Å². The third-order valence-electron chi connectivity index (χ3n) is 3.51. The lowest BCUT2D eigenvalue weighted by Gasteiger charge is -2.21. The predicted octanol–water partition coefficient (Wildman–Crippen LogP) is 1.72. The van der Waals surface area contributed by atoms with Crippen molar-refractivity contribution in [2.24, 2.45) is 0 Å². The molecule has 132 valence electrons. The Labute approximate surface area is 136 Å². The van der Waals surface area contributed by atoms with E-state index in [-0.39, 0.29) is 30.0 Å². The summed E-state index contributed by atoms with van der Waals surface area (Å²) in [5, 5.41) is 13.5. The molecule has 0 fully saturated rings. The van der Waals surface area contributed by atoms with Gasteiger partial charge in [-0.05, 0) is 27.7 Å². The molecule has 0 bridgehead atoms. The number of rotatable bonds is 4. The van der Waals surface area contributed by atoms with Crippen LogP contribution < -0.4 is 10.2 Å². The monoisotopic (exact) mass is 344 g/mol. The van der Waals surface area contributed by atoms with Gasteiger partial charge >= 0.3 is 6.18 Å². The van der Waals surface area contributed by atoms with Gasteiger partial charge in [0.1, 0.15) is 0 Å². The molecule has 0 saturated carbocycles. The van der Waals surface area contributed by atoms with Gasteiger partial charge in [0.25, 0.3) is 5.82 Å². The molecule has 0 saturated heterocycles. The number of amides is 1. The summed E-state index contributed by atoms with van der Waals surface area (Å²) in [6.45, 7) is 6.98. The molecule has 2 rings (SSSR count). The lowest BCUT2D eigenvalue weighted by molar-refractivity contribution is -0.146. The van der Waals surface area contributed by atoms with Crippen molar-refractivity contribution in [1.82, 2.24) is 25.1 Å². The molecule has 2 aromatic heterocycles. The van der Waals surface area contributed by atoms with Crippen molar-refractivity contribution in [3.63, 3.8) is 0 Å². The summed E-state index contributed by atoms with van der Waals surface area (Å²) in [5.74, 6) is -1.17. The van der Waals surface area contributed by atoms with Gasteiger partial charge < -0.3 is 10.2 Å². The predicted molar refractivity (Wildman–Crippen MR) is 81.8 cm³/mol. The fraction of sp³-hybridized carbons (Fsp3) is 0.571. The molecule has 0 unspecified atom stereocenters. The molecule has 2 aromatic rings. The number of alkyl halides is 3. The Bertz CT molecular complexity index is 768. The lowest BCUT2D eigenvalue weighted by Crippen LogP contribution is -2.39. The maximum atomic E-state index is 13.0. The van der Waals surface area contributed by atoms with Crippen LogP contribution in [0.2, 0.25) is 0 Å². The van der Waals surface area contributed by atoms with Gasteiger partial charge in [-0.3, -0.25) is 4.79 Å². The van der Waals surface area contributed by atoms with E-state index in [9.17, 15) is 18.0 Å². The Balaban J connectivity index is 2.46. The Morgan fingerprint density at radius 2 is 1.88 bits per heavy atom. The van der Waals surface area contributed by atoms with E-state index in [2.05, 4.69) is 20.6 Å². The maximum Gasteiger partial charge on any atom is 0.453 e. The number of nitrogens with zero attached hydrogens (tertiary/aromatic N) is 5. The highest BCUT2D eigenvalue weighted by atomic mass is 19.4. The molecule has 0 radical (unpaired) electrons. The molecule has 24 heavy (non-hydrogen) atoms. The minimum Gasteiger partial charge on any atom is -0.352 e. The third kappa shape index (κ3) is 3.41. The number of hydrogen-bond acceptors (Lipinski definition) is 5. The van der Waals surface area contributed by atoms with Gasteiger partial charge in [0.05, 0.1) is 6.54 Å². The van der Waals surface area contributed by atoms with Crippen molar-refractivity contribution >= 4 is 17.4 Å². The van der Waals surface area contributed by atoms with E-state index in [4.69, 9.17) is 0 Å². The van der Waals surface area contributed by atoms with Crippen LogP contribution in [0.15, 0.2) is 0 Å². The summed E-state index contributed by atoms with van der Waals surface area (Å²) in [4.78, 5) is 13.4. The SMILES string of the molecule is Cc1c(N(C)CC(=O)NC(C)C)nn2c(C(F)(F)F)nnc2c1C. The highest BCUT2D eigenvalue weighted by molar-refractivity contribution is 5.81. The van der Waals surface area contributed by atoms with Crippen molar-refractivity contribution in [2.45, 2.75) is 39.9 Å². The summed E-state index contributed by atoms with van der Waals surface area (Å²) >= 11 is 0. The molecule has 0 aromatic carbocycles. The highest BCUT2D eigenvalue weighted by Gasteiger charge is 2.38. The van der Waals surface area contributed by atoms with Crippen LogP contribution in [0, 0.1) is 13.8 Å². The number of nitrogens with one attached hydrogen (secondary N) is 1. The second-order valence-electron chi connectivity index (χ2n) is 5.91. The quantitative estimate of drug-likeness (QED) is 0.914. The first-order chi connectivity index (χ1) is 11.0. The fourth-order valence-corrected chi connectivity index (χ4v) is 2.31. The van der Waals surface area contributed by atoms with Crippen LogP contribution in [0.1, 0.15) is 30.8 Å². The molecule has 2 heterocycles. The maximum absolute atomic E-state index is 13.0. The van der Waals surface area contributed by atoms with Crippen molar-refractivity contribution < 1.29 is 18.0 Å². The van der Waals surface area contributed by atoms with Crippen LogP contribution in [-0.2, 0) is 11.0 Å². The zero-order chi connectivity index (χ0) is 18.2. The molecular formula is C14H19F3N6O. The fourth-order valence-electron chi connectivity index (χ4n) is 2.31. The van der Waals surface area contributed by atoms with Gasteiger partial charge in [0.15, 0.2) is 11.5 Å². The van der Waals surface area contributed by atoms with Gasteiger partial charge in [-0.25, -0.2) is 0 Å². The Morgan fingerprint density at radius 3 is 2.42 bits per heavy atom. The molecule has 1 amide bonds. The summed E-state index contributed by atoms with van der Waals surface area (Å²) in [6, 6.07) is -0.0288. The Kier molecular flexibility index (Phi) is 4.68. The topological polar surface area (TPSA) is 75.4 Å².